The van der Waals surface area contributed by atoms with Gasteiger partial charge in [0.05, 0.1) is 11.5 Å². The maximum Gasteiger partial charge on any atom is 0.316 e. The summed E-state index contributed by atoms with van der Waals surface area (Å²) in [6.45, 7) is 7.14. The topological polar surface area (TPSA) is 98.5 Å². The number of hydrogen-bond donors (Lipinski definition) is 1. The molecule has 0 saturated heterocycles. The summed E-state index contributed by atoms with van der Waals surface area (Å²) >= 11 is 1.09. The maximum atomic E-state index is 12.4. The summed E-state index contributed by atoms with van der Waals surface area (Å²) in [5.74, 6) is -0.168. The first kappa shape index (κ1) is 20.7. The first-order valence-electron chi connectivity index (χ1n) is 8.38. The number of rotatable bonds is 8. The number of hydrogen-bond acceptors (Lipinski definition) is 7. The van der Waals surface area contributed by atoms with Crippen molar-refractivity contribution in [2.45, 2.75) is 33.8 Å². The van der Waals surface area contributed by atoms with Crippen LogP contribution in [0.5, 0.6) is 0 Å². The molecule has 0 radical (unpaired) electrons. The molecule has 0 aliphatic heterocycles. The van der Waals surface area contributed by atoms with Gasteiger partial charge in [0.1, 0.15) is 5.76 Å². The summed E-state index contributed by atoms with van der Waals surface area (Å²) in [5.41, 5.74) is 2.60. The summed E-state index contributed by atoms with van der Waals surface area (Å²) in [6.07, 6.45) is -0.882. The van der Waals surface area contributed by atoms with Crippen molar-refractivity contribution in [1.29, 1.82) is 0 Å². The Bertz CT molecular complexity index is 846. The maximum absolute atomic E-state index is 12.4. The van der Waals surface area contributed by atoms with Gasteiger partial charge in [-0.15, -0.1) is 11.8 Å². The van der Waals surface area contributed by atoms with E-state index in [4.69, 9.17) is 9.26 Å². The van der Waals surface area contributed by atoms with Crippen LogP contribution in [0, 0.1) is 20.8 Å². The Hall–Kier alpha value is -2.61. The molecule has 0 aliphatic rings. The average Bonchev–Trinajstić information content (AvgIpc) is 3.01. The Morgan fingerprint density at radius 3 is 2.52 bits per heavy atom. The highest BCUT2D eigenvalue weighted by atomic mass is 32.2. The molecule has 2 aromatic rings. The Morgan fingerprint density at radius 2 is 1.89 bits per heavy atom. The lowest BCUT2D eigenvalue weighted by atomic mass is 10.0. The number of Topliss-reactive ketones (excluding diaryl/α,β-unsaturated/α-hetero) is 1. The van der Waals surface area contributed by atoms with Crippen LogP contribution in [0.25, 0.3) is 0 Å². The molecular weight excluding hydrogens is 368 g/mol. The number of anilines is 1. The Morgan fingerprint density at radius 1 is 1.15 bits per heavy atom. The van der Waals surface area contributed by atoms with E-state index in [1.165, 1.54) is 0 Å². The first-order valence-corrected chi connectivity index (χ1v) is 9.53. The third-order valence-corrected chi connectivity index (χ3v) is 4.72. The van der Waals surface area contributed by atoms with Crippen LogP contribution < -0.4 is 5.32 Å². The highest BCUT2D eigenvalue weighted by Crippen LogP contribution is 2.14. The number of nitrogens with one attached hydrogen (secondary N) is 1. The van der Waals surface area contributed by atoms with Gasteiger partial charge in [-0.3, -0.25) is 14.4 Å². The van der Waals surface area contributed by atoms with Crippen molar-refractivity contribution in [3.63, 3.8) is 0 Å². The molecule has 1 aromatic heterocycles. The number of carbonyl (C=O) groups excluding carboxylic acids is 3. The molecule has 7 nitrogen and oxygen atoms in total. The molecular formula is C19H22N2O5S. The third kappa shape index (κ3) is 6.25. The third-order valence-electron chi connectivity index (χ3n) is 3.82. The zero-order valence-corrected chi connectivity index (χ0v) is 16.5. The number of ketones is 1. The zero-order valence-electron chi connectivity index (χ0n) is 15.7. The fourth-order valence-corrected chi connectivity index (χ4v) is 2.84. The first-order chi connectivity index (χ1) is 12.8. The molecule has 1 unspecified atom stereocenters. The van der Waals surface area contributed by atoms with Crippen LogP contribution in [-0.4, -0.2) is 40.4 Å². The summed E-state index contributed by atoms with van der Waals surface area (Å²) in [6, 6.07) is 6.96. The van der Waals surface area contributed by atoms with Crippen LogP contribution in [0.3, 0.4) is 0 Å². The van der Waals surface area contributed by atoms with E-state index in [1.807, 2.05) is 19.9 Å². The predicted molar refractivity (Wildman–Crippen MR) is 103 cm³/mol. The van der Waals surface area contributed by atoms with Gasteiger partial charge in [0.2, 0.25) is 11.7 Å². The number of aromatic nitrogens is 1. The summed E-state index contributed by atoms with van der Waals surface area (Å²) in [5, 5.41) is 6.21. The van der Waals surface area contributed by atoms with Gasteiger partial charge in [-0.25, -0.2) is 0 Å². The van der Waals surface area contributed by atoms with E-state index in [2.05, 4.69) is 10.5 Å². The molecule has 0 aliphatic carbocycles. The Balaban J connectivity index is 1.75. The normalized spacial score (nSPS) is 11.7. The van der Waals surface area contributed by atoms with E-state index < -0.39 is 12.1 Å². The fraction of sp³-hybridized carbons (Fsp3) is 0.368. The molecule has 0 bridgehead atoms. The monoisotopic (exact) mass is 390 g/mol. The zero-order chi connectivity index (χ0) is 20.0. The molecule has 0 fully saturated rings. The van der Waals surface area contributed by atoms with Gasteiger partial charge in [0.25, 0.3) is 0 Å². The van der Waals surface area contributed by atoms with Crippen molar-refractivity contribution in [3.8, 4) is 0 Å². The molecule has 1 atom stereocenters. The SMILES string of the molecule is Cc1cc(NC(=O)CSCC(=O)OC(C)C(=O)c2ccc(C)c(C)c2)no1. The lowest BCUT2D eigenvalue weighted by Crippen LogP contribution is -2.26. The quantitative estimate of drug-likeness (QED) is 0.546. The van der Waals surface area contributed by atoms with Crippen LogP contribution in [0.1, 0.15) is 34.2 Å². The van der Waals surface area contributed by atoms with Gasteiger partial charge in [-0.05, 0) is 44.9 Å². The van der Waals surface area contributed by atoms with Gasteiger partial charge >= 0.3 is 5.97 Å². The molecule has 8 heteroatoms. The van der Waals surface area contributed by atoms with E-state index in [0.29, 0.717) is 17.1 Å². The summed E-state index contributed by atoms with van der Waals surface area (Å²) < 4.78 is 10.0. The summed E-state index contributed by atoms with van der Waals surface area (Å²) in [4.78, 5) is 36.0. The number of aryl methyl sites for hydroxylation is 3. The van der Waals surface area contributed by atoms with Crippen molar-refractivity contribution in [3.05, 3.63) is 46.7 Å². The van der Waals surface area contributed by atoms with E-state index in [-0.39, 0.29) is 23.2 Å². The smallest absolute Gasteiger partial charge is 0.316 e. The second-order valence-electron chi connectivity index (χ2n) is 6.16. The van der Waals surface area contributed by atoms with Crippen molar-refractivity contribution < 1.29 is 23.6 Å². The van der Waals surface area contributed by atoms with Gasteiger partial charge in [-0.2, -0.15) is 0 Å². The van der Waals surface area contributed by atoms with Crippen LogP contribution in [-0.2, 0) is 14.3 Å². The minimum Gasteiger partial charge on any atom is -0.454 e. The van der Waals surface area contributed by atoms with E-state index in [0.717, 1.165) is 22.9 Å². The van der Waals surface area contributed by atoms with E-state index >= 15 is 0 Å². The molecule has 27 heavy (non-hydrogen) atoms. The van der Waals surface area contributed by atoms with Gasteiger partial charge in [-0.1, -0.05) is 17.3 Å². The number of ether oxygens (including phenoxy) is 1. The molecule has 2 rings (SSSR count). The second-order valence-corrected chi connectivity index (χ2v) is 7.14. The van der Waals surface area contributed by atoms with Gasteiger partial charge < -0.3 is 14.6 Å². The fourth-order valence-electron chi connectivity index (χ4n) is 2.25. The molecule has 0 spiro atoms. The van der Waals surface area contributed by atoms with Crippen molar-refractivity contribution >= 4 is 35.2 Å². The summed E-state index contributed by atoms with van der Waals surface area (Å²) in [7, 11) is 0. The van der Waals surface area contributed by atoms with Gasteiger partial charge in [0, 0.05) is 11.6 Å². The molecule has 0 saturated carbocycles. The lowest BCUT2D eigenvalue weighted by molar-refractivity contribution is -0.143. The molecule has 1 aromatic carbocycles. The molecule has 1 amide bonds. The van der Waals surface area contributed by atoms with E-state index in [9.17, 15) is 14.4 Å². The lowest BCUT2D eigenvalue weighted by Gasteiger charge is -2.13. The average molecular weight is 390 g/mol. The number of thioether (sulfide) groups is 1. The number of nitrogens with zero attached hydrogens (tertiary/aromatic N) is 1. The highest BCUT2D eigenvalue weighted by molar-refractivity contribution is 8.00. The van der Waals surface area contributed by atoms with Crippen LogP contribution in [0.15, 0.2) is 28.8 Å². The number of esters is 1. The second kappa shape index (κ2) is 9.36. The minimum absolute atomic E-state index is 0.0319. The standard InChI is InChI=1S/C19H22N2O5S/c1-11-5-6-15(7-12(11)2)19(24)14(4)25-18(23)10-27-9-17(22)20-16-8-13(3)26-21-16/h5-8,14H,9-10H2,1-4H3,(H,20,21,22). The minimum atomic E-state index is -0.882. The molecule has 1 N–H and O–H groups in total. The van der Waals surface area contributed by atoms with Crippen molar-refractivity contribution in [2.24, 2.45) is 0 Å². The van der Waals surface area contributed by atoms with Crippen molar-refractivity contribution in [1.82, 2.24) is 5.16 Å². The molecule has 144 valence electrons. The van der Waals surface area contributed by atoms with Crippen LogP contribution >= 0.6 is 11.8 Å². The number of benzene rings is 1. The van der Waals surface area contributed by atoms with Crippen LogP contribution in [0.4, 0.5) is 5.82 Å². The van der Waals surface area contributed by atoms with Crippen molar-refractivity contribution in [2.75, 3.05) is 16.8 Å². The predicted octanol–water partition coefficient (Wildman–Crippen LogP) is 3.09. The van der Waals surface area contributed by atoms with E-state index in [1.54, 1.807) is 32.0 Å². The Kier molecular flexibility index (Phi) is 7.18. The number of carbonyl (C=O) groups is 3. The van der Waals surface area contributed by atoms with Gasteiger partial charge in [0.15, 0.2) is 11.9 Å². The molecule has 1 heterocycles. The Labute approximate surface area is 161 Å². The largest absolute Gasteiger partial charge is 0.454 e. The number of amides is 1. The highest BCUT2D eigenvalue weighted by Gasteiger charge is 2.20. The van der Waals surface area contributed by atoms with Crippen LogP contribution in [0.2, 0.25) is 0 Å².